The van der Waals surface area contributed by atoms with Crippen LogP contribution >= 0.6 is 0 Å². The third kappa shape index (κ3) is 4.71. The standard InChI is InChI=1S/C14H14N2O3/c1-3-4-9-19-13(10-15)16-14(17)11-5-7-12(18-2)8-6-11/h5-8,13H,9H2,1-2H3,(H,16,17). The summed E-state index contributed by atoms with van der Waals surface area (Å²) in [6, 6.07) is 8.38. The van der Waals surface area contributed by atoms with Gasteiger partial charge in [-0.15, -0.1) is 5.92 Å². The van der Waals surface area contributed by atoms with E-state index in [9.17, 15) is 4.79 Å². The van der Waals surface area contributed by atoms with Gasteiger partial charge in [0.15, 0.2) is 0 Å². The Hall–Kier alpha value is -2.50. The molecule has 1 aromatic carbocycles. The van der Waals surface area contributed by atoms with Crippen LogP contribution in [-0.2, 0) is 4.74 Å². The number of nitrogens with one attached hydrogen (secondary N) is 1. The van der Waals surface area contributed by atoms with Gasteiger partial charge in [0.25, 0.3) is 5.91 Å². The van der Waals surface area contributed by atoms with E-state index in [2.05, 4.69) is 17.2 Å². The van der Waals surface area contributed by atoms with Gasteiger partial charge in [-0.3, -0.25) is 4.79 Å². The summed E-state index contributed by atoms with van der Waals surface area (Å²) in [5.41, 5.74) is 0.422. The molecule has 19 heavy (non-hydrogen) atoms. The summed E-state index contributed by atoms with van der Waals surface area (Å²) in [6.45, 7) is 1.76. The Labute approximate surface area is 112 Å². The predicted octanol–water partition coefficient (Wildman–Crippen LogP) is 1.31. The maximum absolute atomic E-state index is 11.8. The zero-order chi connectivity index (χ0) is 14.1. The van der Waals surface area contributed by atoms with E-state index in [0.717, 1.165) is 0 Å². The number of carbonyl (C=O) groups is 1. The van der Waals surface area contributed by atoms with Crippen LogP contribution in [0.15, 0.2) is 24.3 Å². The summed E-state index contributed by atoms with van der Waals surface area (Å²) in [6.07, 6.45) is -1.02. The molecule has 1 atom stereocenters. The highest BCUT2D eigenvalue weighted by Crippen LogP contribution is 2.11. The number of nitriles is 1. The Balaban J connectivity index is 2.60. The lowest BCUT2D eigenvalue weighted by Crippen LogP contribution is -2.35. The molecule has 0 aliphatic heterocycles. The SMILES string of the molecule is CC#CCOC(C#N)NC(=O)c1ccc(OC)cc1. The van der Waals surface area contributed by atoms with Crippen molar-refractivity contribution >= 4 is 5.91 Å². The van der Waals surface area contributed by atoms with E-state index in [0.29, 0.717) is 11.3 Å². The van der Waals surface area contributed by atoms with Crippen LogP contribution in [0.2, 0.25) is 0 Å². The summed E-state index contributed by atoms with van der Waals surface area (Å²) >= 11 is 0. The first kappa shape index (κ1) is 14.6. The van der Waals surface area contributed by atoms with E-state index in [1.54, 1.807) is 38.3 Å². The third-order valence-electron chi connectivity index (χ3n) is 2.23. The summed E-state index contributed by atoms with van der Waals surface area (Å²) in [7, 11) is 1.55. The minimum absolute atomic E-state index is 0.0949. The molecule has 1 N–H and O–H groups in total. The van der Waals surface area contributed by atoms with Crippen LogP contribution in [0.1, 0.15) is 17.3 Å². The summed E-state index contributed by atoms with van der Waals surface area (Å²) in [5, 5.41) is 11.3. The number of rotatable bonds is 5. The number of benzene rings is 1. The van der Waals surface area contributed by atoms with Gasteiger partial charge in [0.2, 0.25) is 6.23 Å². The van der Waals surface area contributed by atoms with Gasteiger partial charge in [0.05, 0.1) is 7.11 Å². The molecule has 0 aliphatic rings. The first-order valence-electron chi connectivity index (χ1n) is 5.57. The van der Waals surface area contributed by atoms with Gasteiger partial charge in [0, 0.05) is 5.56 Å². The zero-order valence-electron chi connectivity index (χ0n) is 10.8. The van der Waals surface area contributed by atoms with Gasteiger partial charge < -0.3 is 14.8 Å². The molecule has 0 saturated heterocycles. The molecule has 0 saturated carbocycles. The number of nitrogens with zero attached hydrogens (tertiary/aromatic N) is 1. The lowest BCUT2D eigenvalue weighted by molar-refractivity contribution is 0.0685. The fraction of sp³-hybridized carbons (Fsp3) is 0.286. The molecule has 5 heteroatoms. The highest BCUT2D eigenvalue weighted by Gasteiger charge is 2.12. The Bertz CT molecular complexity index is 520. The van der Waals surface area contributed by atoms with Crippen LogP contribution in [0, 0.1) is 23.2 Å². The lowest BCUT2D eigenvalue weighted by Gasteiger charge is -2.11. The topological polar surface area (TPSA) is 71.3 Å². The van der Waals surface area contributed by atoms with Crippen molar-refractivity contribution in [1.82, 2.24) is 5.32 Å². The van der Waals surface area contributed by atoms with Crippen molar-refractivity contribution in [3.8, 4) is 23.7 Å². The zero-order valence-corrected chi connectivity index (χ0v) is 10.8. The van der Waals surface area contributed by atoms with Crippen molar-refractivity contribution in [3.05, 3.63) is 29.8 Å². The van der Waals surface area contributed by atoms with E-state index in [1.165, 1.54) is 0 Å². The largest absolute Gasteiger partial charge is 0.497 e. The van der Waals surface area contributed by atoms with Gasteiger partial charge in [-0.05, 0) is 31.2 Å². The second kappa shape index (κ2) is 7.75. The first-order chi connectivity index (χ1) is 9.21. The molecular formula is C14H14N2O3. The lowest BCUT2D eigenvalue weighted by atomic mass is 10.2. The van der Waals surface area contributed by atoms with Crippen molar-refractivity contribution in [2.45, 2.75) is 13.2 Å². The number of hydrogen-bond donors (Lipinski definition) is 1. The first-order valence-corrected chi connectivity index (χ1v) is 5.57. The van der Waals surface area contributed by atoms with E-state index in [-0.39, 0.29) is 6.61 Å². The smallest absolute Gasteiger partial charge is 0.254 e. The van der Waals surface area contributed by atoms with Crippen LogP contribution in [0.4, 0.5) is 0 Å². The number of methoxy groups -OCH3 is 1. The molecular weight excluding hydrogens is 244 g/mol. The van der Waals surface area contributed by atoms with Crippen molar-refractivity contribution in [1.29, 1.82) is 5.26 Å². The monoisotopic (exact) mass is 258 g/mol. The normalized spacial score (nSPS) is 10.6. The molecule has 0 aliphatic carbocycles. The fourth-order valence-electron chi connectivity index (χ4n) is 1.25. The van der Waals surface area contributed by atoms with Gasteiger partial charge in [-0.2, -0.15) is 5.26 Å². The van der Waals surface area contributed by atoms with Crippen LogP contribution in [-0.4, -0.2) is 25.9 Å². The third-order valence-corrected chi connectivity index (χ3v) is 2.23. The van der Waals surface area contributed by atoms with Crippen molar-refractivity contribution in [3.63, 3.8) is 0 Å². The molecule has 1 amide bonds. The maximum Gasteiger partial charge on any atom is 0.254 e. The summed E-state index contributed by atoms with van der Waals surface area (Å²) < 4.78 is 10.1. The Morgan fingerprint density at radius 3 is 2.63 bits per heavy atom. The van der Waals surface area contributed by atoms with Crippen LogP contribution in [0.5, 0.6) is 5.75 Å². The molecule has 1 aromatic rings. The van der Waals surface area contributed by atoms with Crippen LogP contribution < -0.4 is 10.1 Å². The Morgan fingerprint density at radius 1 is 1.42 bits per heavy atom. The van der Waals surface area contributed by atoms with E-state index < -0.39 is 12.1 Å². The molecule has 0 fully saturated rings. The molecule has 0 spiro atoms. The fourth-order valence-corrected chi connectivity index (χ4v) is 1.25. The van der Waals surface area contributed by atoms with Gasteiger partial charge in [-0.1, -0.05) is 5.92 Å². The number of amides is 1. The Kier molecular flexibility index (Phi) is 5.94. The molecule has 1 unspecified atom stereocenters. The molecule has 5 nitrogen and oxygen atoms in total. The average molecular weight is 258 g/mol. The molecule has 0 heterocycles. The minimum Gasteiger partial charge on any atom is -0.497 e. The van der Waals surface area contributed by atoms with Crippen molar-refractivity contribution in [2.75, 3.05) is 13.7 Å². The second-order valence-corrected chi connectivity index (χ2v) is 3.45. The minimum atomic E-state index is -1.02. The van der Waals surface area contributed by atoms with Crippen LogP contribution in [0.25, 0.3) is 0 Å². The van der Waals surface area contributed by atoms with Gasteiger partial charge in [-0.25, -0.2) is 0 Å². The van der Waals surface area contributed by atoms with Crippen molar-refractivity contribution in [2.24, 2.45) is 0 Å². The molecule has 0 radical (unpaired) electrons. The van der Waals surface area contributed by atoms with Gasteiger partial charge >= 0.3 is 0 Å². The number of hydrogen-bond acceptors (Lipinski definition) is 4. The van der Waals surface area contributed by atoms with Gasteiger partial charge in [0.1, 0.15) is 18.4 Å². The quantitative estimate of drug-likeness (QED) is 0.638. The van der Waals surface area contributed by atoms with E-state index >= 15 is 0 Å². The maximum atomic E-state index is 11.8. The molecule has 98 valence electrons. The van der Waals surface area contributed by atoms with E-state index in [1.807, 2.05) is 6.07 Å². The Morgan fingerprint density at radius 2 is 2.11 bits per heavy atom. The summed E-state index contributed by atoms with van der Waals surface area (Å²) in [4.78, 5) is 11.8. The average Bonchev–Trinajstić information content (AvgIpc) is 2.46. The van der Waals surface area contributed by atoms with Crippen LogP contribution in [0.3, 0.4) is 0 Å². The number of carbonyl (C=O) groups excluding carboxylic acids is 1. The molecule has 0 aromatic heterocycles. The summed E-state index contributed by atoms with van der Waals surface area (Å²) in [5.74, 6) is 5.55. The van der Waals surface area contributed by atoms with Crippen molar-refractivity contribution < 1.29 is 14.3 Å². The number of ether oxygens (including phenoxy) is 2. The molecule has 1 rings (SSSR count). The highest BCUT2D eigenvalue weighted by atomic mass is 16.5. The highest BCUT2D eigenvalue weighted by molar-refractivity contribution is 5.94. The predicted molar refractivity (Wildman–Crippen MR) is 69.3 cm³/mol. The van der Waals surface area contributed by atoms with E-state index in [4.69, 9.17) is 14.7 Å². The second-order valence-electron chi connectivity index (χ2n) is 3.45. The molecule has 0 bridgehead atoms.